The molecule has 1 fully saturated rings. The number of aromatic hydroxyl groups is 1. The molecule has 1 saturated carbocycles. The Morgan fingerprint density at radius 2 is 1.80 bits per heavy atom. The Bertz CT molecular complexity index is 357. The molecule has 0 atom stereocenters. The number of aryl methyl sites for hydroxylation is 2. The zero-order valence-electron chi connectivity index (χ0n) is 9.72. The molecule has 2 heteroatoms. The first-order valence-electron chi connectivity index (χ1n) is 5.54. The van der Waals surface area contributed by atoms with Crippen LogP contribution in [0.3, 0.4) is 0 Å². The minimum absolute atomic E-state index is 0.343. The molecule has 0 saturated heterocycles. The van der Waals surface area contributed by atoms with Crippen LogP contribution in [0.4, 0.5) is 0 Å². The van der Waals surface area contributed by atoms with E-state index in [1.165, 1.54) is 18.4 Å². The van der Waals surface area contributed by atoms with Gasteiger partial charge >= 0.3 is 0 Å². The van der Waals surface area contributed by atoms with E-state index >= 15 is 0 Å². The molecule has 2 rings (SSSR count). The Labute approximate surface area is 91.3 Å². The molecule has 2 N–H and O–H groups in total. The third kappa shape index (κ3) is 2.00. The van der Waals surface area contributed by atoms with E-state index in [1.807, 2.05) is 20.9 Å². The highest BCUT2D eigenvalue weighted by atomic mass is 16.3. The predicted octanol–water partition coefficient (Wildman–Crippen LogP) is 2.30. The van der Waals surface area contributed by atoms with Crippen LogP contribution in [0.5, 0.6) is 5.75 Å². The molecule has 1 aromatic rings. The second-order valence-corrected chi connectivity index (χ2v) is 4.79. The lowest BCUT2D eigenvalue weighted by Gasteiger charge is -2.15. The zero-order valence-corrected chi connectivity index (χ0v) is 9.72. The molecule has 0 aromatic heterocycles. The van der Waals surface area contributed by atoms with Crippen LogP contribution in [0.1, 0.15) is 29.5 Å². The number of rotatable bonds is 3. The van der Waals surface area contributed by atoms with Crippen molar-refractivity contribution in [3.05, 3.63) is 28.8 Å². The maximum Gasteiger partial charge on any atom is 0.121 e. The molecule has 0 bridgehead atoms. The minimum atomic E-state index is 0.343. The molecule has 0 heterocycles. The first-order chi connectivity index (χ1) is 7.06. The Balaban J connectivity index is 2.23. The van der Waals surface area contributed by atoms with Gasteiger partial charge in [0.25, 0.3) is 0 Å². The Kier molecular flexibility index (Phi) is 2.47. The summed E-state index contributed by atoms with van der Waals surface area (Å²) in [5.41, 5.74) is 3.64. The number of hydrogen-bond donors (Lipinski definition) is 2. The summed E-state index contributed by atoms with van der Waals surface area (Å²) in [4.78, 5) is 0. The maximum absolute atomic E-state index is 9.69. The highest BCUT2D eigenvalue weighted by molar-refractivity contribution is 5.42. The molecule has 0 spiro atoms. The van der Waals surface area contributed by atoms with E-state index < -0.39 is 0 Å². The lowest BCUT2D eigenvalue weighted by atomic mass is 9.99. The topological polar surface area (TPSA) is 32.3 Å². The largest absolute Gasteiger partial charge is 0.507 e. The number of benzene rings is 1. The monoisotopic (exact) mass is 205 g/mol. The van der Waals surface area contributed by atoms with Crippen LogP contribution in [0, 0.1) is 13.8 Å². The lowest BCUT2D eigenvalue weighted by Crippen LogP contribution is -2.29. The summed E-state index contributed by atoms with van der Waals surface area (Å²) in [5.74, 6) is 0.438. The van der Waals surface area contributed by atoms with Crippen molar-refractivity contribution < 1.29 is 5.11 Å². The van der Waals surface area contributed by atoms with Gasteiger partial charge in [-0.05, 0) is 56.8 Å². The third-order valence-corrected chi connectivity index (χ3v) is 3.48. The van der Waals surface area contributed by atoms with Gasteiger partial charge in [0.1, 0.15) is 5.75 Å². The minimum Gasteiger partial charge on any atom is -0.507 e. The Morgan fingerprint density at radius 3 is 2.20 bits per heavy atom. The highest BCUT2D eigenvalue weighted by Crippen LogP contribution is 2.39. The van der Waals surface area contributed by atoms with Crippen molar-refractivity contribution in [3.63, 3.8) is 0 Å². The molecular weight excluding hydrogens is 186 g/mol. The summed E-state index contributed by atoms with van der Waals surface area (Å²) in [6, 6.07) is 4.19. The predicted molar refractivity (Wildman–Crippen MR) is 62.3 cm³/mol. The SMILES string of the molecule is CNC1(Cc2cc(C)c(O)c(C)c2)CC1. The second kappa shape index (κ2) is 3.53. The van der Waals surface area contributed by atoms with Crippen molar-refractivity contribution in [3.8, 4) is 5.75 Å². The molecule has 1 aromatic carbocycles. The summed E-state index contributed by atoms with van der Waals surface area (Å²) >= 11 is 0. The van der Waals surface area contributed by atoms with Crippen molar-refractivity contribution in [2.75, 3.05) is 7.05 Å². The maximum atomic E-state index is 9.69. The Hall–Kier alpha value is -1.02. The zero-order chi connectivity index (χ0) is 11.1. The number of hydrogen-bond acceptors (Lipinski definition) is 2. The fourth-order valence-electron chi connectivity index (χ4n) is 2.20. The smallest absolute Gasteiger partial charge is 0.121 e. The molecule has 82 valence electrons. The van der Waals surface area contributed by atoms with Gasteiger partial charge in [0.15, 0.2) is 0 Å². The van der Waals surface area contributed by atoms with Crippen molar-refractivity contribution in [2.45, 2.75) is 38.6 Å². The van der Waals surface area contributed by atoms with E-state index in [4.69, 9.17) is 0 Å². The normalized spacial score (nSPS) is 17.8. The van der Waals surface area contributed by atoms with Gasteiger partial charge in [-0.1, -0.05) is 12.1 Å². The second-order valence-electron chi connectivity index (χ2n) is 4.79. The van der Waals surface area contributed by atoms with E-state index in [1.54, 1.807) is 0 Å². The number of phenols is 1. The van der Waals surface area contributed by atoms with E-state index in [9.17, 15) is 5.11 Å². The molecule has 15 heavy (non-hydrogen) atoms. The summed E-state index contributed by atoms with van der Waals surface area (Å²) in [5, 5.41) is 13.1. The van der Waals surface area contributed by atoms with Crippen LogP contribution in [0.2, 0.25) is 0 Å². The molecule has 2 nitrogen and oxygen atoms in total. The standard InChI is InChI=1S/C13H19NO/c1-9-6-11(7-10(2)12(9)15)8-13(14-3)4-5-13/h6-7,14-15H,4-5,8H2,1-3H3. The van der Waals surface area contributed by atoms with Crippen LogP contribution in [0.15, 0.2) is 12.1 Å². The molecule has 0 unspecified atom stereocenters. The summed E-state index contributed by atoms with van der Waals surface area (Å²) < 4.78 is 0. The number of likely N-dealkylation sites (N-methyl/N-ethyl adjacent to an activating group) is 1. The van der Waals surface area contributed by atoms with Crippen LogP contribution >= 0.6 is 0 Å². The molecule has 0 aliphatic heterocycles. The quantitative estimate of drug-likeness (QED) is 0.793. The van der Waals surface area contributed by atoms with Gasteiger partial charge in [0, 0.05) is 5.54 Å². The van der Waals surface area contributed by atoms with Gasteiger partial charge in [-0.3, -0.25) is 0 Å². The van der Waals surface area contributed by atoms with Crippen molar-refractivity contribution in [2.24, 2.45) is 0 Å². The molecular formula is C13H19NO. The third-order valence-electron chi connectivity index (χ3n) is 3.48. The van der Waals surface area contributed by atoms with Crippen LogP contribution < -0.4 is 5.32 Å². The molecule has 0 radical (unpaired) electrons. The summed E-state index contributed by atoms with van der Waals surface area (Å²) in [6.07, 6.45) is 3.61. The first kappa shape index (κ1) is 10.5. The van der Waals surface area contributed by atoms with Gasteiger partial charge < -0.3 is 10.4 Å². The average molecular weight is 205 g/mol. The van der Waals surface area contributed by atoms with Crippen LogP contribution in [-0.4, -0.2) is 17.7 Å². The van der Waals surface area contributed by atoms with Crippen LogP contribution in [-0.2, 0) is 6.42 Å². The van der Waals surface area contributed by atoms with Gasteiger partial charge in [-0.15, -0.1) is 0 Å². The summed E-state index contributed by atoms with van der Waals surface area (Å²) in [7, 11) is 2.03. The summed E-state index contributed by atoms with van der Waals surface area (Å²) in [6.45, 7) is 3.93. The van der Waals surface area contributed by atoms with Crippen LogP contribution in [0.25, 0.3) is 0 Å². The van der Waals surface area contributed by atoms with Gasteiger partial charge in [0.2, 0.25) is 0 Å². The fourth-order valence-corrected chi connectivity index (χ4v) is 2.20. The molecule has 1 aliphatic carbocycles. The van der Waals surface area contributed by atoms with E-state index in [0.29, 0.717) is 11.3 Å². The van der Waals surface area contributed by atoms with Gasteiger partial charge in [0.05, 0.1) is 0 Å². The van der Waals surface area contributed by atoms with E-state index in [-0.39, 0.29) is 0 Å². The van der Waals surface area contributed by atoms with Gasteiger partial charge in [-0.25, -0.2) is 0 Å². The Morgan fingerprint density at radius 1 is 1.27 bits per heavy atom. The molecule has 1 aliphatic rings. The van der Waals surface area contributed by atoms with E-state index in [2.05, 4.69) is 17.4 Å². The fraction of sp³-hybridized carbons (Fsp3) is 0.538. The molecule has 0 amide bonds. The van der Waals surface area contributed by atoms with Gasteiger partial charge in [-0.2, -0.15) is 0 Å². The first-order valence-corrected chi connectivity index (χ1v) is 5.54. The average Bonchev–Trinajstić information content (AvgIpc) is 2.95. The number of nitrogens with one attached hydrogen (secondary N) is 1. The van der Waals surface area contributed by atoms with Crippen molar-refractivity contribution in [1.29, 1.82) is 0 Å². The number of phenolic OH excluding ortho intramolecular Hbond substituents is 1. The van der Waals surface area contributed by atoms with Crippen molar-refractivity contribution in [1.82, 2.24) is 5.32 Å². The van der Waals surface area contributed by atoms with E-state index in [0.717, 1.165) is 17.5 Å². The van der Waals surface area contributed by atoms with Crippen molar-refractivity contribution >= 4 is 0 Å². The highest BCUT2D eigenvalue weighted by Gasteiger charge is 2.40. The lowest BCUT2D eigenvalue weighted by molar-refractivity contribution is 0.466.